The average molecular weight is 279 g/mol. The molecule has 4 nitrogen and oxygen atoms in total. The predicted molar refractivity (Wildman–Crippen MR) is 80.4 cm³/mol. The third-order valence-electron chi connectivity index (χ3n) is 3.37. The van der Waals surface area contributed by atoms with Crippen molar-refractivity contribution < 1.29 is 4.79 Å². The molecule has 19 heavy (non-hydrogen) atoms. The highest BCUT2D eigenvalue weighted by molar-refractivity contribution is 8.00. The molecule has 1 saturated heterocycles. The molecule has 0 radical (unpaired) electrons. The lowest BCUT2D eigenvalue weighted by molar-refractivity contribution is -0.129. The first-order chi connectivity index (χ1) is 9.06. The van der Waals surface area contributed by atoms with Gasteiger partial charge in [0.1, 0.15) is 0 Å². The van der Waals surface area contributed by atoms with Crippen molar-refractivity contribution in [1.29, 1.82) is 0 Å². The first-order valence-corrected chi connectivity index (χ1v) is 7.50. The smallest absolute Gasteiger partial charge is 0.233 e. The number of thioether (sulfide) groups is 1. The Morgan fingerprint density at radius 3 is 2.63 bits per heavy atom. The van der Waals surface area contributed by atoms with Crippen LogP contribution >= 0.6 is 11.8 Å². The van der Waals surface area contributed by atoms with Crippen LogP contribution in [0, 0.1) is 6.92 Å². The summed E-state index contributed by atoms with van der Waals surface area (Å²) in [6.45, 7) is 5.60. The fourth-order valence-corrected chi connectivity index (χ4v) is 2.94. The standard InChI is InChI=1S/C14H21N3OS/c1-11-3-4-13(12(15)9-11)19-10-14(18)17-7-5-16(2)6-8-17/h3-4,9H,5-8,10,15H2,1-2H3. The number of piperazine rings is 1. The molecule has 0 aliphatic carbocycles. The molecular formula is C14H21N3OS. The molecule has 1 aromatic rings. The number of amides is 1. The SMILES string of the molecule is Cc1ccc(SCC(=O)N2CCN(C)CC2)c(N)c1. The molecule has 1 aliphatic heterocycles. The van der Waals surface area contributed by atoms with Gasteiger partial charge >= 0.3 is 0 Å². The van der Waals surface area contributed by atoms with Gasteiger partial charge in [0.25, 0.3) is 0 Å². The van der Waals surface area contributed by atoms with E-state index in [0.29, 0.717) is 5.75 Å². The van der Waals surface area contributed by atoms with E-state index in [0.717, 1.165) is 42.3 Å². The molecule has 1 amide bonds. The molecule has 1 fully saturated rings. The normalized spacial score (nSPS) is 16.6. The number of hydrogen-bond acceptors (Lipinski definition) is 4. The number of carbonyl (C=O) groups is 1. The summed E-state index contributed by atoms with van der Waals surface area (Å²) in [6, 6.07) is 5.97. The number of nitrogen functional groups attached to an aromatic ring is 1. The molecular weight excluding hydrogens is 258 g/mol. The number of rotatable bonds is 3. The number of benzene rings is 1. The molecule has 0 unspecified atom stereocenters. The van der Waals surface area contributed by atoms with E-state index in [1.807, 2.05) is 30.0 Å². The van der Waals surface area contributed by atoms with Crippen molar-refractivity contribution in [3.63, 3.8) is 0 Å². The molecule has 5 heteroatoms. The summed E-state index contributed by atoms with van der Waals surface area (Å²) >= 11 is 1.53. The van der Waals surface area contributed by atoms with E-state index >= 15 is 0 Å². The van der Waals surface area contributed by atoms with Crippen LogP contribution in [-0.4, -0.2) is 54.7 Å². The van der Waals surface area contributed by atoms with E-state index in [1.54, 1.807) is 0 Å². The van der Waals surface area contributed by atoms with Gasteiger partial charge in [-0.2, -0.15) is 0 Å². The maximum atomic E-state index is 12.1. The van der Waals surface area contributed by atoms with Crippen molar-refractivity contribution in [1.82, 2.24) is 9.80 Å². The lowest BCUT2D eigenvalue weighted by atomic mass is 10.2. The monoisotopic (exact) mass is 279 g/mol. The summed E-state index contributed by atoms with van der Waals surface area (Å²) in [5.74, 6) is 0.676. The van der Waals surface area contributed by atoms with Crippen molar-refractivity contribution >= 4 is 23.4 Å². The quantitative estimate of drug-likeness (QED) is 0.672. The first kappa shape index (κ1) is 14.2. The first-order valence-electron chi connectivity index (χ1n) is 6.51. The van der Waals surface area contributed by atoms with Crippen molar-refractivity contribution in [3.05, 3.63) is 23.8 Å². The third-order valence-corrected chi connectivity index (χ3v) is 4.45. The van der Waals surface area contributed by atoms with Crippen LogP contribution in [0.25, 0.3) is 0 Å². The number of likely N-dealkylation sites (N-methyl/N-ethyl adjacent to an activating group) is 1. The largest absolute Gasteiger partial charge is 0.398 e. The van der Waals surface area contributed by atoms with Gasteiger partial charge in [0, 0.05) is 36.8 Å². The van der Waals surface area contributed by atoms with E-state index < -0.39 is 0 Å². The Bertz CT molecular complexity index is 456. The van der Waals surface area contributed by atoms with E-state index in [4.69, 9.17) is 5.73 Å². The Morgan fingerprint density at radius 1 is 1.32 bits per heavy atom. The Kier molecular flexibility index (Phi) is 4.71. The zero-order valence-corrected chi connectivity index (χ0v) is 12.4. The second kappa shape index (κ2) is 6.30. The number of nitrogens with two attached hydrogens (primary N) is 1. The summed E-state index contributed by atoms with van der Waals surface area (Å²) in [6.07, 6.45) is 0. The van der Waals surface area contributed by atoms with Crippen molar-refractivity contribution in [2.45, 2.75) is 11.8 Å². The summed E-state index contributed by atoms with van der Waals surface area (Å²) < 4.78 is 0. The van der Waals surface area contributed by atoms with Crippen LogP contribution in [0.4, 0.5) is 5.69 Å². The number of carbonyl (C=O) groups excluding carboxylic acids is 1. The maximum Gasteiger partial charge on any atom is 0.233 e. The van der Waals surface area contributed by atoms with Crippen molar-refractivity contribution in [3.8, 4) is 0 Å². The van der Waals surface area contributed by atoms with Gasteiger partial charge in [-0.25, -0.2) is 0 Å². The van der Waals surface area contributed by atoms with Gasteiger partial charge in [-0.3, -0.25) is 4.79 Å². The molecule has 2 rings (SSSR count). The van der Waals surface area contributed by atoms with Gasteiger partial charge in [-0.15, -0.1) is 11.8 Å². The van der Waals surface area contributed by atoms with E-state index in [-0.39, 0.29) is 5.91 Å². The van der Waals surface area contributed by atoms with E-state index in [1.165, 1.54) is 11.8 Å². The molecule has 0 atom stereocenters. The molecule has 0 spiro atoms. The minimum atomic E-state index is 0.207. The molecule has 0 aromatic heterocycles. The molecule has 1 aliphatic rings. The zero-order chi connectivity index (χ0) is 13.8. The molecule has 0 bridgehead atoms. The molecule has 104 valence electrons. The van der Waals surface area contributed by atoms with Crippen LogP contribution in [0.5, 0.6) is 0 Å². The van der Waals surface area contributed by atoms with Crippen molar-refractivity contribution in [2.75, 3.05) is 44.7 Å². The minimum Gasteiger partial charge on any atom is -0.398 e. The second-order valence-corrected chi connectivity index (χ2v) is 6.03. The number of hydrogen-bond donors (Lipinski definition) is 1. The zero-order valence-electron chi connectivity index (χ0n) is 11.6. The fourth-order valence-electron chi connectivity index (χ4n) is 2.09. The summed E-state index contributed by atoms with van der Waals surface area (Å²) in [5, 5.41) is 0. The Balaban J connectivity index is 1.86. The van der Waals surface area contributed by atoms with Gasteiger partial charge in [0.2, 0.25) is 5.91 Å². The maximum absolute atomic E-state index is 12.1. The molecule has 0 saturated carbocycles. The minimum absolute atomic E-state index is 0.207. The lowest BCUT2D eigenvalue weighted by Gasteiger charge is -2.32. The van der Waals surface area contributed by atoms with Crippen LogP contribution in [0.15, 0.2) is 23.1 Å². The van der Waals surface area contributed by atoms with Crippen LogP contribution < -0.4 is 5.73 Å². The summed E-state index contributed by atoms with van der Waals surface area (Å²) in [7, 11) is 2.09. The second-order valence-electron chi connectivity index (χ2n) is 5.01. The van der Waals surface area contributed by atoms with Gasteiger partial charge in [-0.05, 0) is 31.7 Å². The van der Waals surface area contributed by atoms with Crippen LogP contribution in [0.2, 0.25) is 0 Å². The fraction of sp³-hybridized carbons (Fsp3) is 0.500. The number of aryl methyl sites for hydroxylation is 1. The van der Waals surface area contributed by atoms with E-state index in [9.17, 15) is 4.79 Å². The van der Waals surface area contributed by atoms with Gasteiger partial charge in [0.05, 0.1) is 5.75 Å². The van der Waals surface area contributed by atoms with Gasteiger partial charge < -0.3 is 15.5 Å². The molecule has 1 heterocycles. The average Bonchev–Trinajstić information content (AvgIpc) is 2.38. The highest BCUT2D eigenvalue weighted by Gasteiger charge is 2.19. The van der Waals surface area contributed by atoms with Gasteiger partial charge in [0.15, 0.2) is 0 Å². The van der Waals surface area contributed by atoms with Crippen molar-refractivity contribution in [2.24, 2.45) is 0 Å². The molecule has 2 N–H and O–H groups in total. The lowest BCUT2D eigenvalue weighted by Crippen LogP contribution is -2.47. The summed E-state index contributed by atoms with van der Waals surface area (Å²) in [4.78, 5) is 17.3. The van der Waals surface area contributed by atoms with Crippen LogP contribution in [-0.2, 0) is 4.79 Å². The topological polar surface area (TPSA) is 49.6 Å². The van der Waals surface area contributed by atoms with Crippen LogP contribution in [0.1, 0.15) is 5.56 Å². The van der Waals surface area contributed by atoms with E-state index in [2.05, 4.69) is 11.9 Å². The predicted octanol–water partition coefficient (Wildman–Crippen LogP) is 1.44. The highest BCUT2D eigenvalue weighted by atomic mass is 32.2. The van der Waals surface area contributed by atoms with Crippen LogP contribution in [0.3, 0.4) is 0 Å². The number of nitrogens with zero attached hydrogens (tertiary/aromatic N) is 2. The molecule has 1 aromatic carbocycles. The number of anilines is 1. The Hall–Kier alpha value is -1.20. The Labute approximate surface area is 118 Å². The van der Waals surface area contributed by atoms with Gasteiger partial charge in [-0.1, -0.05) is 6.07 Å². The highest BCUT2D eigenvalue weighted by Crippen LogP contribution is 2.26. The Morgan fingerprint density at radius 2 is 2.00 bits per heavy atom. The summed E-state index contributed by atoms with van der Waals surface area (Å²) in [5.41, 5.74) is 7.86. The third kappa shape index (κ3) is 3.88.